The fourth-order valence-electron chi connectivity index (χ4n) is 2.72. The Morgan fingerprint density at radius 2 is 2.33 bits per heavy atom. The molecular weight excluding hydrogens is 332 g/mol. The van der Waals surface area contributed by atoms with E-state index in [4.69, 9.17) is 0 Å². The molecule has 1 unspecified atom stereocenters. The van der Waals surface area contributed by atoms with Crippen molar-refractivity contribution >= 4 is 38.7 Å². The van der Waals surface area contributed by atoms with Crippen molar-refractivity contribution < 1.29 is 4.79 Å². The van der Waals surface area contributed by atoms with E-state index in [2.05, 4.69) is 36.1 Å². The number of halogens is 1. The predicted molar refractivity (Wildman–Crippen MR) is 86.2 cm³/mol. The fraction of sp³-hybridized carbons (Fsp3) is 0.400. The number of aromatic nitrogens is 2. The third-order valence-corrected chi connectivity index (χ3v) is 4.34. The van der Waals surface area contributed by atoms with Gasteiger partial charge in [0.2, 0.25) is 11.9 Å². The number of nitrogens with zero attached hydrogens (tertiary/aromatic N) is 3. The average molecular weight is 349 g/mol. The third kappa shape index (κ3) is 3.00. The van der Waals surface area contributed by atoms with Gasteiger partial charge in [-0.1, -0.05) is 15.9 Å². The Labute approximate surface area is 131 Å². The highest BCUT2D eigenvalue weighted by molar-refractivity contribution is 9.10. The summed E-state index contributed by atoms with van der Waals surface area (Å²) in [6.07, 6.45) is 3.75. The van der Waals surface area contributed by atoms with Crippen LogP contribution in [-0.2, 0) is 4.79 Å². The number of anilines is 1. The van der Waals surface area contributed by atoms with Crippen LogP contribution in [0.1, 0.15) is 12.8 Å². The Morgan fingerprint density at radius 3 is 3.14 bits per heavy atom. The van der Waals surface area contributed by atoms with Crippen molar-refractivity contribution in [2.45, 2.75) is 12.8 Å². The maximum Gasteiger partial charge on any atom is 0.225 e. The molecule has 2 heterocycles. The second-order valence-corrected chi connectivity index (χ2v) is 6.19. The Morgan fingerprint density at radius 1 is 1.48 bits per heavy atom. The highest BCUT2D eigenvalue weighted by atomic mass is 79.9. The lowest BCUT2D eigenvalue weighted by Crippen LogP contribution is -2.42. The number of amides is 1. The summed E-state index contributed by atoms with van der Waals surface area (Å²) in [6.45, 7) is 1.58. The molecule has 0 radical (unpaired) electrons. The van der Waals surface area contributed by atoms with Gasteiger partial charge in [0, 0.05) is 36.2 Å². The number of nitrogens with one attached hydrogen (secondary N) is 1. The van der Waals surface area contributed by atoms with Gasteiger partial charge in [-0.3, -0.25) is 4.79 Å². The zero-order valence-electron chi connectivity index (χ0n) is 11.8. The molecule has 21 heavy (non-hydrogen) atoms. The number of hydrogen-bond acceptors (Lipinski definition) is 4. The Kier molecular flexibility index (Phi) is 4.05. The molecule has 1 aliphatic heterocycles. The van der Waals surface area contributed by atoms with E-state index < -0.39 is 0 Å². The minimum Gasteiger partial charge on any atom is -0.359 e. The zero-order chi connectivity index (χ0) is 14.8. The molecule has 6 heteroatoms. The molecule has 0 saturated carbocycles. The second-order valence-electron chi connectivity index (χ2n) is 5.27. The molecule has 0 spiro atoms. The monoisotopic (exact) mass is 348 g/mol. The first kappa shape index (κ1) is 14.3. The van der Waals surface area contributed by atoms with E-state index >= 15 is 0 Å². The van der Waals surface area contributed by atoms with Crippen LogP contribution in [0.25, 0.3) is 10.9 Å². The summed E-state index contributed by atoms with van der Waals surface area (Å²) in [5.74, 6) is 0.829. The highest BCUT2D eigenvalue weighted by Crippen LogP contribution is 2.23. The lowest BCUT2D eigenvalue weighted by Gasteiger charge is -2.31. The van der Waals surface area contributed by atoms with Crippen molar-refractivity contribution in [2.24, 2.45) is 5.92 Å². The van der Waals surface area contributed by atoms with Crippen molar-refractivity contribution in [3.8, 4) is 0 Å². The number of hydrogen-bond donors (Lipinski definition) is 1. The molecule has 1 amide bonds. The van der Waals surface area contributed by atoms with Crippen LogP contribution < -0.4 is 10.2 Å². The van der Waals surface area contributed by atoms with Crippen molar-refractivity contribution in [3.63, 3.8) is 0 Å². The van der Waals surface area contributed by atoms with E-state index in [0.717, 1.165) is 34.8 Å². The summed E-state index contributed by atoms with van der Waals surface area (Å²) >= 11 is 3.45. The molecule has 1 atom stereocenters. The molecule has 1 aromatic heterocycles. The van der Waals surface area contributed by atoms with Crippen molar-refractivity contribution in [1.82, 2.24) is 15.3 Å². The molecular formula is C15H17BrN4O. The van der Waals surface area contributed by atoms with E-state index in [1.54, 1.807) is 7.05 Å². The van der Waals surface area contributed by atoms with Crippen LogP contribution in [0.15, 0.2) is 28.9 Å². The molecule has 0 aliphatic carbocycles. The first-order valence-electron chi connectivity index (χ1n) is 7.06. The summed E-state index contributed by atoms with van der Waals surface area (Å²) in [7, 11) is 1.69. The zero-order valence-corrected chi connectivity index (χ0v) is 13.4. The molecule has 1 aromatic carbocycles. The molecule has 1 saturated heterocycles. The van der Waals surface area contributed by atoms with Crippen LogP contribution in [0.3, 0.4) is 0 Å². The number of carbonyl (C=O) groups is 1. The molecule has 1 N–H and O–H groups in total. The van der Waals surface area contributed by atoms with E-state index in [0.29, 0.717) is 12.5 Å². The van der Waals surface area contributed by atoms with Gasteiger partial charge in [0.1, 0.15) is 0 Å². The maximum absolute atomic E-state index is 11.8. The van der Waals surface area contributed by atoms with Crippen LogP contribution >= 0.6 is 15.9 Å². The first-order valence-corrected chi connectivity index (χ1v) is 7.85. The van der Waals surface area contributed by atoms with Gasteiger partial charge in [0.05, 0.1) is 11.4 Å². The SMILES string of the molecule is CNC(=O)C1CCCN(c2ncc3cc(Br)ccc3n2)C1. The average Bonchev–Trinajstić information content (AvgIpc) is 2.53. The summed E-state index contributed by atoms with van der Waals surface area (Å²) in [6, 6.07) is 5.95. The lowest BCUT2D eigenvalue weighted by atomic mass is 9.97. The number of rotatable bonds is 2. The van der Waals surface area contributed by atoms with Crippen molar-refractivity contribution in [1.29, 1.82) is 0 Å². The normalized spacial score (nSPS) is 18.8. The van der Waals surface area contributed by atoms with E-state index in [1.807, 2.05) is 24.4 Å². The van der Waals surface area contributed by atoms with Gasteiger partial charge in [0.15, 0.2) is 0 Å². The quantitative estimate of drug-likeness (QED) is 0.904. The van der Waals surface area contributed by atoms with Gasteiger partial charge in [-0.2, -0.15) is 0 Å². The van der Waals surface area contributed by atoms with Crippen LogP contribution in [0.4, 0.5) is 5.95 Å². The number of fused-ring (bicyclic) bond motifs is 1. The molecule has 2 aromatic rings. The summed E-state index contributed by atoms with van der Waals surface area (Å²) in [5, 5.41) is 3.74. The number of piperidine rings is 1. The molecule has 3 rings (SSSR count). The molecule has 110 valence electrons. The van der Waals surface area contributed by atoms with Gasteiger partial charge >= 0.3 is 0 Å². The highest BCUT2D eigenvalue weighted by Gasteiger charge is 2.26. The molecule has 0 bridgehead atoms. The second kappa shape index (κ2) is 5.97. The van der Waals surface area contributed by atoms with Crippen LogP contribution in [0.2, 0.25) is 0 Å². The standard InChI is InChI=1S/C15H17BrN4O/c1-17-14(21)10-3-2-6-20(9-10)15-18-8-11-7-12(16)4-5-13(11)19-15/h4-5,7-8,10H,2-3,6,9H2,1H3,(H,17,21). The number of carbonyl (C=O) groups excluding carboxylic acids is 1. The predicted octanol–water partition coefficient (Wildman–Crippen LogP) is 2.35. The van der Waals surface area contributed by atoms with Gasteiger partial charge in [-0.05, 0) is 31.0 Å². The van der Waals surface area contributed by atoms with Crippen LogP contribution in [-0.4, -0.2) is 36.0 Å². The van der Waals surface area contributed by atoms with Crippen molar-refractivity contribution in [2.75, 3.05) is 25.0 Å². The topological polar surface area (TPSA) is 58.1 Å². The van der Waals surface area contributed by atoms with Crippen LogP contribution in [0, 0.1) is 5.92 Å². The van der Waals surface area contributed by atoms with E-state index in [-0.39, 0.29) is 11.8 Å². The lowest BCUT2D eigenvalue weighted by molar-refractivity contribution is -0.124. The largest absolute Gasteiger partial charge is 0.359 e. The van der Waals surface area contributed by atoms with E-state index in [1.165, 1.54) is 0 Å². The maximum atomic E-state index is 11.8. The molecule has 1 fully saturated rings. The minimum atomic E-state index is 0.0213. The van der Waals surface area contributed by atoms with Crippen molar-refractivity contribution in [3.05, 3.63) is 28.9 Å². The fourth-order valence-corrected chi connectivity index (χ4v) is 3.10. The smallest absolute Gasteiger partial charge is 0.225 e. The van der Waals surface area contributed by atoms with Crippen LogP contribution in [0.5, 0.6) is 0 Å². The third-order valence-electron chi connectivity index (χ3n) is 3.85. The molecule has 5 nitrogen and oxygen atoms in total. The Bertz CT molecular complexity index is 676. The van der Waals surface area contributed by atoms with Gasteiger partial charge < -0.3 is 10.2 Å². The van der Waals surface area contributed by atoms with Gasteiger partial charge in [-0.15, -0.1) is 0 Å². The van der Waals surface area contributed by atoms with E-state index in [9.17, 15) is 4.79 Å². The minimum absolute atomic E-state index is 0.0213. The summed E-state index contributed by atoms with van der Waals surface area (Å²) in [4.78, 5) is 23.0. The summed E-state index contributed by atoms with van der Waals surface area (Å²) < 4.78 is 1.02. The Balaban J connectivity index is 1.86. The number of benzene rings is 1. The van der Waals surface area contributed by atoms with Gasteiger partial charge in [0.25, 0.3) is 0 Å². The summed E-state index contributed by atoms with van der Waals surface area (Å²) in [5.41, 5.74) is 0.922. The molecule has 1 aliphatic rings. The Hall–Kier alpha value is -1.69. The first-order chi connectivity index (χ1) is 10.2. The van der Waals surface area contributed by atoms with Gasteiger partial charge in [-0.25, -0.2) is 9.97 Å².